The topological polar surface area (TPSA) is 64.3 Å². The minimum atomic E-state index is 0.508. The number of aromatic amines is 1. The lowest BCUT2D eigenvalue weighted by Crippen LogP contribution is -2.10. The highest BCUT2D eigenvalue weighted by Gasteiger charge is 2.17. The average Bonchev–Trinajstić information content (AvgIpc) is 3.30. The first-order chi connectivity index (χ1) is 14.2. The third-order valence-corrected chi connectivity index (χ3v) is 5.22. The van der Waals surface area contributed by atoms with Crippen LogP contribution in [0.1, 0.15) is 11.4 Å². The van der Waals surface area contributed by atoms with E-state index < -0.39 is 0 Å². The molecule has 5 rings (SSSR count). The lowest BCUT2D eigenvalue weighted by Gasteiger charge is -2.12. The summed E-state index contributed by atoms with van der Waals surface area (Å²) in [6.45, 7) is 2.58. The van der Waals surface area contributed by atoms with E-state index in [1.54, 1.807) is 6.20 Å². The molecule has 0 atom stereocenters. The van der Waals surface area contributed by atoms with Gasteiger partial charge in [0.05, 0.1) is 23.3 Å². The van der Waals surface area contributed by atoms with Gasteiger partial charge in [-0.2, -0.15) is 5.10 Å². The van der Waals surface area contributed by atoms with Gasteiger partial charge in [-0.25, -0.2) is 4.98 Å². The van der Waals surface area contributed by atoms with Crippen molar-refractivity contribution in [3.8, 4) is 17.2 Å². The monoisotopic (exact) mass is 398 g/mol. The lowest BCUT2D eigenvalue weighted by molar-refractivity contribution is 0.744. The van der Waals surface area contributed by atoms with Crippen LogP contribution in [0.15, 0.2) is 72.9 Å². The molecule has 0 aliphatic rings. The summed E-state index contributed by atoms with van der Waals surface area (Å²) < 4.78 is 4.69. The van der Waals surface area contributed by atoms with Crippen LogP contribution < -0.4 is 0 Å². The Bertz CT molecular complexity index is 1360. The third-order valence-electron chi connectivity index (χ3n) is 4.95. The van der Waals surface area contributed by atoms with Crippen LogP contribution in [0.5, 0.6) is 0 Å². The zero-order chi connectivity index (χ0) is 19.8. The molecule has 0 radical (unpaired) electrons. The number of para-hydroxylation sites is 3. The van der Waals surface area contributed by atoms with E-state index in [1.165, 1.54) is 0 Å². The van der Waals surface area contributed by atoms with Crippen molar-refractivity contribution < 1.29 is 0 Å². The van der Waals surface area contributed by atoms with Crippen molar-refractivity contribution in [3.05, 3.63) is 89.1 Å². The van der Waals surface area contributed by atoms with E-state index in [9.17, 15) is 0 Å². The smallest absolute Gasteiger partial charge is 0.199 e. The van der Waals surface area contributed by atoms with Crippen LogP contribution >= 0.6 is 12.2 Å². The summed E-state index contributed by atoms with van der Waals surface area (Å²) in [5.74, 6) is 1.61. The fourth-order valence-electron chi connectivity index (χ4n) is 3.57. The van der Waals surface area contributed by atoms with Crippen LogP contribution in [0.4, 0.5) is 0 Å². The number of hydrogen-bond acceptors (Lipinski definition) is 4. The van der Waals surface area contributed by atoms with Crippen LogP contribution in [0.25, 0.3) is 28.2 Å². The van der Waals surface area contributed by atoms with Gasteiger partial charge < -0.3 is 4.57 Å². The first kappa shape index (κ1) is 17.5. The van der Waals surface area contributed by atoms with E-state index in [0.29, 0.717) is 11.3 Å². The molecule has 3 heterocycles. The number of aromatic nitrogens is 6. The van der Waals surface area contributed by atoms with E-state index >= 15 is 0 Å². The Kier molecular flexibility index (Phi) is 4.29. The van der Waals surface area contributed by atoms with Crippen LogP contribution in [0, 0.1) is 11.7 Å². The van der Waals surface area contributed by atoms with E-state index in [-0.39, 0.29) is 0 Å². The number of aryl methyl sites for hydroxylation is 1. The number of pyridine rings is 1. The van der Waals surface area contributed by atoms with E-state index in [1.807, 2.05) is 53.1 Å². The molecule has 1 N–H and O–H groups in total. The second-order valence-electron chi connectivity index (χ2n) is 6.79. The maximum atomic E-state index is 5.54. The molecule has 0 saturated carbocycles. The standard InChI is InChI=1S/C22H18N6S/c1-15-8-2-4-11-18(15)28-20(25-26-22(28)29)14-27-19-12-5-3-9-16(19)24-21(27)17-10-6-7-13-23-17/h2-13H,14H2,1H3,(H,26,29). The van der Waals surface area contributed by atoms with Gasteiger partial charge in [-0.3, -0.25) is 14.6 Å². The van der Waals surface area contributed by atoms with Gasteiger partial charge in [0.2, 0.25) is 0 Å². The molecule has 0 aliphatic heterocycles. The zero-order valence-electron chi connectivity index (χ0n) is 15.8. The van der Waals surface area contributed by atoms with Gasteiger partial charge in [0.15, 0.2) is 16.4 Å². The molecule has 0 amide bonds. The van der Waals surface area contributed by atoms with Gasteiger partial charge in [0, 0.05) is 6.20 Å². The van der Waals surface area contributed by atoms with Crippen molar-refractivity contribution >= 4 is 23.3 Å². The Morgan fingerprint density at radius 2 is 1.76 bits per heavy atom. The van der Waals surface area contributed by atoms with Gasteiger partial charge in [-0.05, 0) is 55.0 Å². The number of rotatable bonds is 4. The van der Waals surface area contributed by atoms with Gasteiger partial charge in [-0.15, -0.1) is 0 Å². The first-order valence-corrected chi connectivity index (χ1v) is 9.72. The largest absolute Gasteiger partial charge is 0.315 e. The minimum Gasteiger partial charge on any atom is -0.315 e. The molecule has 142 valence electrons. The van der Waals surface area contributed by atoms with E-state index in [2.05, 4.69) is 44.9 Å². The highest BCUT2D eigenvalue weighted by atomic mass is 32.1. The van der Waals surface area contributed by atoms with Gasteiger partial charge in [0.25, 0.3) is 0 Å². The fraction of sp³-hybridized carbons (Fsp3) is 0.0909. The average molecular weight is 398 g/mol. The molecule has 29 heavy (non-hydrogen) atoms. The number of nitrogens with one attached hydrogen (secondary N) is 1. The van der Waals surface area contributed by atoms with E-state index in [0.717, 1.165) is 39.6 Å². The number of imidazole rings is 1. The lowest BCUT2D eigenvalue weighted by atomic mass is 10.2. The number of benzene rings is 2. The van der Waals surface area contributed by atoms with Crippen molar-refractivity contribution in [3.63, 3.8) is 0 Å². The maximum absolute atomic E-state index is 5.54. The van der Waals surface area contributed by atoms with Gasteiger partial charge in [-0.1, -0.05) is 36.4 Å². The predicted octanol–water partition coefficient (Wildman–Crippen LogP) is 4.70. The highest BCUT2D eigenvalue weighted by Crippen LogP contribution is 2.25. The van der Waals surface area contributed by atoms with Crippen LogP contribution in [-0.4, -0.2) is 29.3 Å². The van der Waals surface area contributed by atoms with E-state index in [4.69, 9.17) is 17.2 Å². The second-order valence-corrected chi connectivity index (χ2v) is 7.18. The van der Waals surface area contributed by atoms with Crippen molar-refractivity contribution in [2.75, 3.05) is 0 Å². The Hall–Kier alpha value is -3.58. The SMILES string of the molecule is Cc1ccccc1-n1c(Cn2c(-c3ccccn3)nc3ccccc32)n[nH]c1=S. The molecule has 7 heteroatoms. The summed E-state index contributed by atoms with van der Waals surface area (Å²) in [5.41, 5.74) is 4.92. The summed E-state index contributed by atoms with van der Waals surface area (Å²) in [6, 6.07) is 22.1. The zero-order valence-corrected chi connectivity index (χ0v) is 16.6. The summed E-state index contributed by atoms with van der Waals surface area (Å²) in [4.78, 5) is 9.34. The Balaban J connectivity index is 1.70. The van der Waals surface area contributed by atoms with Crippen molar-refractivity contribution in [1.29, 1.82) is 0 Å². The Morgan fingerprint density at radius 3 is 2.59 bits per heavy atom. The highest BCUT2D eigenvalue weighted by molar-refractivity contribution is 7.71. The van der Waals surface area contributed by atoms with Gasteiger partial charge in [0.1, 0.15) is 5.69 Å². The normalized spacial score (nSPS) is 11.2. The molecule has 3 aromatic heterocycles. The van der Waals surface area contributed by atoms with Gasteiger partial charge >= 0.3 is 0 Å². The van der Waals surface area contributed by atoms with Crippen LogP contribution in [0.2, 0.25) is 0 Å². The molecule has 2 aromatic carbocycles. The number of H-pyrrole nitrogens is 1. The minimum absolute atomic E-state index is 0.508. The third kappa shape index (κ3) is 3.05. The molecular weight excluding hydrogens is 380 g/mol. The number of nitrogens with zero attached hydrogens (tertiary/aromatic N) is 5. The number of fused-ring (bicyclic) bond motifs is 1. The van der Waals surface area contributed by atoms with Crippen molar-refractivity contribution in [2.24, 2.45) is 0 Å². The first-order valence-electron chi connectivity index (χ1n) is 9.31. The second kappa shape index (κ2) is 7.10. The Morgan fingerprint density at radius 1 is 0.966 bits per heavy atom. The molecule has 0 fully saturated rings. The molecule has 6 nitrogen and oxygen atoms in total. The molecule has 0 spiro atoms. The summed E-state index contributed by atoms with van der Waals surface area (Å²) in [7, 11) is 0. The van der Waals surface area contributed by atoms with Crippen LogP contribution in [0.3, 0.4) is 0 Å². The molecule has 0 unspecified atom stereocenters. The summed E-state index contributed by atoms with van der Waals surface area (Å²) in [6.07, 6.45) is 1.78. The quantitative estimate of drug-likeness (QED) is 0.446. The molecular formula is C22H18N6S. The van der Waals surface area contributed by atoms with Crippen molar-refractivity contribution in [1.82, 2.24) is 29.3 Å². The predicted molar refractivity (Wildman–Crippen MR) is 116 cm³/mol. The number of hydrogen-bond donors (Lipinski definition) is 1. The maximum Gasteiger partial charge on any atom is 0.199 e. The molecule has 0 bridgehead atoms. The van der Waals surface area contributed by atoms with Crippen molar-refractivity contribution in [2.45, 2.75) is 13.5 Å². The molecule has 0 aliphatic carbocycles. The van der Waals surface area contributed by atoms with Crippen LogP contribution in [-0.2, 0) is 6.54 Å². The molecule has 5 aromatic rings. The Labute approximate surface area is 172 Å². The summed E-state index contributed by atoms with van der Waals surface area (Å²) in [5, 5.41) is 7.48. The fourth-order valence-corrected chi connectivity index (χ4v) is 3.82. The molecule has 0 saturated heterocycles. The summed E-state index contributed by atoms with van der Waals surface area (Å²) >= 11 is 5.54.